The van der Waals surface area contributed by atoms with Crippen molar-refractivity contribution in [2.75, 3.05) is 6.16 Å². The summed E-state index contributed by atoms with van der Waals surface area (Å²) in [6.45, 7) is 6.15. The van der Waals surface area contributed by atoms with Crippen LogP contribution in [0.4, 0.5) is 0 Å². The summed E-state index contributed by atoms with van der Waals surface area (Å²) in [6.07, 6.45) is 14.7. The fourth-order valence-electron chi connectivity index (χ4n) is 4.90. The first kappa shape index (κ1) is 25.5. The summed E-state index contributed by atoms with van der Waals surface area (Å²) < 4.78 is 0. The molecule has 0 aliphatic heterocycles. The molecule has 0 bridgehead atoms. The molecule has 0 spiro atoms. The minimum atomic E-state index is -1.64. The third-order valence-electron chi connectivity index (χ3n) is 6.69. The van der Waals surface area contributed by atoms with E-state index in [-0.39, 0.29) is 0 Å². The van der Waals surface area contributed by atoms with Crippen molar-refractivity contribution in [3.8, 4) is 0 Å². The zero-order valence-corrected chi connectivity index (χ0v) is 21.5. The van der Waals surface area contributed by atoms with Crippen molar-refractivity contribution in [1.29, 1.82) is 0 Å². The van der Waals surface area contributed by atoms with E-state index >= 15 is 0 Å². The molecule has 0 fully saturated rings. The third kappa shape index (κ3) is 7.68. The first-order valence-electron chi connectivity index (χ1n) is 12.9. The van der Waals surface area contributed by atoms with Gasteiger partial charge in [-0.15, -0.1) is 6.58 Å². The Kier molecular flexibility index (Phi) is 10.9. The molecule has 0 amide bonds. The number of hydrogen-bond donors (Lipinski definition) is 0. The fourth-order valence-corrected chi connectivity index (χ4v) is 9.31. The maximum atomic E-state index is 4.01. The predicted octanol–water partition coefficient (Wildman–Crippen LogP) is 8.46. The van der Waals surface area contributed by atoms with Crippen molar-refractivity contribution in [3.63, 3.8) is 0 Å². The van der Waals surface area contributed by atoms with E-state index in [4.69, 9.17) is 0 Å². The van der Waals surface area contributed by atoms with Crippen LogP contribution in [0.1, 0.15) is 71.1 Å². The van der Waals surface area contributed by atoms with Crippen LogP contribution in [0.5, 0.6) is 0 Å². The maximum Gasteiger partial charge on any atom is 0.112 e. The standard InChI is InChI=1S/C32H42P/c1-29(2)21-13-8-6-4-3-5-7-9-20-28-33(30-22-14-10-15-23-30,31-24-16-11-17-25-31)32-26-18-12-19-27-32/h10-12,14-19,22-27H,1,3-9,13,20-21,28H2,2H3/q+1. The van der Waals surface area contributed by atoms with Crippen molar-refractivity contribution in [1.82, 2.24) is 0 Å². The highest BCUT2D eigenvalue weighted by Crippen LogP contribution is 2.55. The second-order valence-corrected chi connectivity index (χ2v) is 13.0. The van der Waals surface area contributed by atoms with Crippen LogP contribution in [0.3, 0.4) is 0 Å². The summed E-state index contributed by atoms with van der Waals surface area (Å²) in [5.41, 5.74) is 1.33. The number of hydrogen-bond acceptors (Lipinski definition) is 0. The van der Waals surface area contributed by atoms with Gasteiger partial charge in [0, 0.05) is 0 Å². The van der Waals surface area contributed by atoms with E-state index in [1.54, 1.807) is 0 Å². The molecule has 0 saturated carbocycles. The smallest absolute Gasteiger partial charge is 0.100 e. The number of benzene rings is 3. The normalized spacial score (nSPS) is 11.4. The molecule has 3 aromatic rings. The molecule has 0 aromatic heterocycles. The zero-order valence-electron chi connectivity index (χ0n) is 20.6. The molecule has 0 N–H and O–H groups in total. The molecule has 0 aliphatic carbocycles. The lowest BCUT2D eigenvalue weighted by atomic mass is 10.1. The third-order valence-corrected chi connectivity index (χ3v) is 11.2. The van der Waals surface area contributed by atoms with Gasteiger partial charge in [0.25, 0.3) is 0 Å². The van der Waals surface area contributed by atoms with Gasteiger partial charge >= 0.3 is 0 Å². The van der Waals surface area contributed by atoms with Gasteiger partial charge in [-0.3, -0.25) is 0 Å². The van der Waals surface area contributed by atoms with Crippen LogP contribution in [0.25, 0.3) is 0 Å². The van der Waals surface area contributed by atoms with Gasteiger partial charge in [-0.25, -0.2) is 0 Å². The Balaban J connectivity index is 1.60. The molecule has 0 heterocycles. The van der Waals surface area contributed by atoms with E-state index in [9.17, 15) is 0 Å². The van der Waals surface area contributed by atoms with Crippen molar-refractivity contribution >= 4 is 23.2 Å². The molecule has 1 heteroatoms. The van der Waals surface area contributed by atoms with Gasteiger partial charge in [0.1, 0.15) is 23.2 Å². The Morgan fingerprint density at radius 2 is 0.848 bits per heavy atom. The van der Waals surface area contributed by atoms with Gasteiger partial charge in [0.2, 0.25) is 0 Å². The highest BCUT2D eigenvalue weighted by Gasteiger charge is 2.44. The lowest BCUT2D eigenvalue weighted by molar-refractivity contribution is 0.565. The number of unbranched alkanes of at least 4 members (excludes halogenated alkanes) is 8. The van der Waals surface area contributed by atoms with Crippen LogP contribution in [0.2, 0.25) is 0 Å². The van der Waals surface area contributed by atoms with E-state index in [1.165, 1.54) is 91.9 Å². The lowest BCUT2D eigenvalue weighted by Gasteiger charge is -2.27. The Morgan fingerprint density at radius 3 is 1.21 bits per heavy atom. The molecule has 33 heavy (non-hydrogen) atoms. The highest BCUT2D eigenvalue weighted by atomic mass is 31.2. The second-order valence-electron chi connectivity index (χ2n) is 9.43. The maximum absolute atomic E-state index is 4.01. The largest absolute Gasteiger partial charge is 0.112 e. The van der Waals surface area contributed by atoms with Gasteiger partial charge in [0.05, 0.1) is 6.16 Å². The molecule has 0 aliphatic rings. The second kappa shape index (κ2) is 14.2. The van der Waals surface area contributed by atoms with Gasteiger partial charge in [-0.05, 0) is 69.0 Å². The Hall–Kier alpha value is -2.17. The van der Waals surface area contributed by atoms with E-state index in [2.05, 4.69) is 104 Å². The fraction of sp³-hybridized carbons (Fsp3) is 0.375. The SMILES string of the molecule is C=C(C)CCCCCCCCCCC[P+](c1ccccc1)(c1ccccc1)c1ccccc1. The Morgan fingerprint density at radius 1 is 0.515 bits per heavy atom. The Bertz CT molecular complexity index is 818. The average Bonchev–Trinajstić information content (AvgIpc) is 2.86. The molecular weight excluding hydrogens is 415 g/mol. The molecule has 0 saturated heterocycles. The van der Waals surface area contributed by atoms with Crippen LogP contribution in [0, 0.1) is 0 Å². The topological polar surface area (TPSA) is 0 Å². The van der Waals surface area contributed by atoms with Crippen LogP contribution in [0.15, 0.2) is 103 Å². The molecule has 174 valence electrons. The average molecular weight is 458 g/mol. The molecule has 0 radical (unpaired) electrons. The summed E-state index contributed by atoms with van der Waals surface area (Å²) in [4.78, 5) is 0. The van der Waals surface area contributed by atoms with E-state index in [1.807, 2.05) is 0 Å². The van der Waals surface area contributed by atoms with Crippen molar-refractivity contribution in [3.05, 3.63) is 103 Å². The highest BCUT2D eigenvalue weighted by molar-refractivity contribution is 7.95. The van der Waals surface area contributed by atoms with Crippen LogP contribution >= 0.6 is 7.26 Å². The first-order valence-corrected chi connectivity index (χ1v) is 14.9. The molecule has 0 atom stereocenters. The van der Waals surface area contributed by atoms with E-state index in [0.29, 0.717) is 0 Å². The molecular formula is C32H42P+. The van der Waals surface area contributed by atoms with Crippen molar-refractivity contribution in [2.45, 2.75) is 71.1 Å². The van der Waals surface area contributed by atoms with E-state index in [0.717, 1.165) is 0 Å². The number of rotatable bonds is 15. The Labute approximate surface area is 203 Å². The minimum Gasteiger partial charge on any atom is -0.100 e. The summed E-state index contributed by atoms with van der Waals surface area (Å²) >= 11 is 0. The van der Waals surface area contributed by atoms with Gasteiger partial charge in [-0.2, -0.15) is 0 Å². The molecule has 3 aromatic carbocycles. The minimum absolute atomic E-state index is 1.20. The first-order chi connectivity index (χ1) is 16.2. The van der Waals surface area contributed by atoms with Crippen molar-refractivity contribution < 1.29 is 0 Å². The quantitative estimate of drug-likeness (QED) is 0.122. The summed E-state index contributed by atoms with van der Waals surface area (Å²) in [6, 6.07) is 33.9. The lowest BCUT2D eigenvalue weighted by Crippen LogP contribution is -2.33. The predicted molar refractivity (Wildman–Crippen MR) is 151 cm³/mol. The van der Waals surface area contributed by atoms with Crippen molar-refractivity contribution in [2.24, 2.45) is 0 Å². The zero-order chi connectivity index (χ0) is 23.2. The summed E-state index contributed by atoms with van der Waals surface area (Å²) in [7, 11) is -1.64. The van der Waals surface area contributed by atoms with Gasteiger partial charge < -0.3 is 0 Å². The van der Waals surface area contributed by atoms with Gasteiger partial charge in [-0.1, -0.05) is 98.7 Å². The summed E-state index contributed by atoms with van der Waals surface area (Å²) in [5.74, 6) is 0. The van der Waals surface area contributed by atoms with Gasteiger partial charge in [0.15, 0.2) is 0 Å². The molecule has 0 unspecified atom stereocenters. The van der Waals surface area contributed by atoms with Crippen LogP contribution in [-0.2, 0) is 0 Å². The van der Waals surface area contributed by atoms with Crippen LogP contribution in [-0.4, -0.2) is 6.16 Å². The summed E-state index contributed by atoms with van der Waals surface area (Å²) in [5, 5.41) is 4.53. The van der Waals surface area contributed by atoms with Crippen LogP contribution < -0.4 is 15.9 Å². The van der Waals surface area contributed by atoms with E-state index < -0.39 is 7.26 Å². The molecule has 3 rings (SSSR count). The monoisotopic (exact) mass is 457 g/mol. The molecule has 0 nitrogen and oxygen atoms in total. The number of allylic oxidation sites excluding steroid dienone is 1.